The molecule has 2 aromatic carbocycles. The van der Waals surface area contributed by atoms with E-state index in [9.17, 15) is 9.59 Å². The van der Waals surface area contributed by atoms with Crippen LogP contribution >= 0.6 is 11.6 Å². The molecule has 1 aliphatic carbocycles. The monoisotopic (exact) mass is 428 g/mol. The van der Waals surface area contributed by atoms with Crippen molar-refractivity contribution in [1.82, 2.24) is 5.32 Å². The minimum atomic E-state index is -0.358. The van der Waals surface area contributed by atoms with Gasteiger partial charge in [-0.2, -0.15) is 0 Å². The molecule has 0 heterocycles. The number of amides is 2. The second-order valence-corrected chi connectivity index (χ2v) is 7.41. The quantitative estimate of drug-likeness (QED) is 0.568. The first-order valence-corrected chi connectivity index (χ1v) is 10.3. The largest absolute Gasteiger partial charge is 0.493 e. The Bertz CT molecular complexity index is 954. The van der Waals surface area contributed by atoms with E-state index < -0.39 is 0 Å². The van der Waals surface area contributed by atoms with E-state index >= 15 is 0 Å². The van der Waals surface area contributed by atoms with Crippen molar-refractivity contribution in [3.63, 3.8) is 0 Å². The van der Waals surface area contributed by atoms with Crippen LogP contribution in [0.2, 0.25) is 5.02 Å². The molecule has 2 amide bonds. The van der Waals surface area contributed by atoms with Gasteiger partial charge >= 0.3 is 0 Å². The van der Waals surface area contributed by atoms with Crippen molar-refractivity contribution in [2.45, 2.75) is 32.2 Å². The molecule has 0 bridgehead atoms. The zero-order valence-electron chi connectivity index (χ0n) is 17.0. The first kappa shape index (κ1) is 21.7. The summed E-state index contributed by atoms with van der Waals surface area (Å²) in [6, 6.07) is 10.6. The summed E-state index contributed by atoms with van der Waals surface area (Å²) >= 11 is 6.31. The van der Waals surface area contributed by atoms with E-state index in [-0.39, 0.29) is 17.9 Å². The molecule has 158 valence electrons. The Kier molecular flexibility index (Phi) is 7.36. The van der Waals surface area contributed by atoms with Gasteiger partial charge in [-0.15, -0.1) is 0 Å². The van der Waals surface area contributed by atoms with Gasteiger partial charge in [-0.3, -0.25) is 9.59 Å². The summed E-state index contributed by atoms with van der Waals surface area (Å²) in [5.41, 5.74) is 1.59. The summed E-state index contributed by atoms with van der Waals surface area (Å²) in [6.45, 7) is 2.53. The normalized spacial score (nSPS) is 13.2. The summed E-state index contributed by atoms with van der Waals surface area (Å²) in [5.74, 6) is 0.441. The number of anilines is 1. The molecule has 0 saturated heterocycles. The molecule has 1 aliphatic rings. The maximum Gasteiger partial charge on any atom is 0.253 e. The number of methoxy groups -OCH3 is 1. The highest BCUT2D eigenvalue weighted by atomic mass is 35.5. The lowest BCUT2D eigenvalue weighted by Crippen LogP contribution is -2.26. The smallest absolute Gasteiger partial charge is 0.253 e. The van der Waals surface area contributed by atoms with Gasteiger partial charge in [0.05, 0.1) is 30.0 Å². The van der Waals surface area contributed by atoms with Crippen LogP contribution < -0.4 is 20.1 Å². The van der Waals surface area contributed by atoms with Gasteiger partial charge in [-0.1, -0.05) is 30.7 Å². The SMILES string of the molecule is CCCOc1c(Cl)cc(/C=C/C(=O)Nc2ccccc2C(=O)NC2CC2)cc1OC. The van der Waals surface area contributed by atoms with Crippen LogP contribution in [-0.4, -0.2) is 31.6 Å². The van der Waals surface area contributed by atoms with Gasteiger partial charge in [0.25, 0.3) is 5.91 Å². The fourth-order valence-corrected chi connectivity index (χ4v) is 3.08. The Hall–Kier alpha value is -2.99. The van der Waals surface area contributed by atoms with E-state index in [1.807, 2.05) is 6.92 Å². The Morgan fingerprint density at radius 1 is 1.23 bits per heavy atom. The number of nitrogens with one attached hydrogen (secondary N) is 2. The van der Waals surface area contributed by atoms with Crippen molar-refractivity contribution in [3.8, 4) is 11.5 Å². The van der Waals surface area contributed by atoms with Crippen LogP contribution in [0.3, 0.4) is 0 Å². The Labute approximate surface area is 181 Å². The van der Waals surface area contributed by atoms with Gasteiger partial charge in [-0.05, 0) is 55.2 Å². The van der Waals surface area contributed by atoms with Gasteiger partial charge in [0.1, 0.15) is 0 Å². The third kappa shape index (κ3) is 5.76. The van der Waals surface area contributed by atoms with Crippen LogP contribution in [0.15, 0.2) is 42.5 Å². The molecule has 2 N–H and O–H groups in total. The predicted molar refractivity (Wildman–Crippen MR) is 118 cm³/mol. The number of halogens is 1. The molecule has 1 fully saturated rings. The molecule has 0 radical (unpaired) electrons. The summed E-state index contributed by atoms with van der Waals surface area (Å²) in [7, 11) is 1.54. The molecular formula is C23H25ClN2O4. The minimum Gasteiger partial charge on any atom is -0.493 e. The number of hydrogen-bond acceptors (Lipinski definition) is 4. The van der Waals surface area contributed by atoms with Crippen molar-refractivity contribution in [2.24, 2.45) is 0 Å². The number of rotatable bonds is 9. The van der Waals surface area contributed by atoms with Crippen LogP contribution in [0, 0.1) is 0 Å². The van der Waals surface area contributed by atoms with Gasteiger partial charge in [-0.25, -0.2) is 0 Å². The first-order chi connectivity index (χ1) is 14.5. The summed E-state index contributed by atoms with van der Waals surface area (Å²) in [6.07, 6.45) is 5.85. The van der Waals surface area contributed by atoms with Gasteiger partial charge in [0.2, 0.25) is 5.91 Å². The third-order valence-electron chi connectivity index (χ3n) is 4.47. The molecule has 30 heavy (non-hydrogen) atoms. The molecule has 6 nitrogen and oxygen atoms in total. The molecule has 0 aliphatic heterocycles. The van der Waals surface area contributed by atoms with Crippen molar-refractivity contribution < 1.29 is 19.1 Å². The van der Waals surface area contributed by atoms with Gasteiger partial charge in [0.15, 0.2) is 11.5 Å². The Morgan fingerprint density at radius 3 is 2.70 bits per heavy atom. The fraction of sp³-hybridized carbons (Fsp3) is 0.304. The lowest BCUT2D eigenvalue weighted by molar-refractivity contribution is -0.111. The first-order valence-electron chi connectivity index (χ1n) is 9.91. The van der Waals surface area contributed by atoms with E-state index in [1.54, 1.807) is 42.5 Å². The number of carbonyl (C=O) groups excluding carboxylic acids is 2. The molecule has 3 rings (SSSR count). The van der Waals surface area contributed by atoms with E-state index in [0.29, 0.717) is 39.9 Å². The van der Waals surface area contributed by atoms with Crippen LogP contribution in [0.5, 0.6) is 11.5 Å². The molecule has 7 heteroatoms. The van der Waals surface area contributed by atoms with Crippen molar-refractivity contribution >= 4 is 35.2 Å². The minimum absolute atomic E-state index is 0.184. The predicted octanol–water partition coefficient (Wildman–Crippen LogP) is 4.68. The number of ether oxygens (including phenoxy) is 2. The van der Waals surface area contributed by atoms with E-state index in [4.69, 9.17) is 21.1 Å². The summed E-state index contributed by atoms with van der Waals surface area (Å²) in [4.78, 5) is 24.8. The zero-order valence-corrected chi connectivity index (χ0v) is 17.8. The van der Waals surface area contributed by atoms with Crippen molar-refractivity contribution in [3.05, 3.63) is 58.6 Å². The highest BCUT2D eigenvalue weighted by molar-refractivity contribution is 6.32. The fourth-order valence-electron chi connectivity index (χ4n) is 2.81. The lowest BCUT2D eigenvalue weighted by Gasteiger charge is -2.12. The molecule has 1 saturated carbocycles. The summed E-state index contributed by atoms with van der Waals surface area (Å²) in [5, 5.41) is 6.10. The van der Waals surface area contributed by atoms with Gasteiger partial charge in [0, 0.05) is 12.1 Å². The second-order valence-electron chi connectivity index (χ2n) is 7.00. The second kappa shape index (κ2) is 10.2. The third-order valence-corrected chi connectivity index (χ3v) is 4.75. The van der Waals surface area contributed by atoms with Crippen molar-refractivity contribution in [1.29, 1.82) is 0 Å². The molecule has 0 aromatic heterocycles. The zero-order chi connectivity index (χ0) is 21.5. The average molecular weight is 429 g/mol. The van der Waals surface area contributed by atoms with Crippen LogP contribution in [0.4, 0.5) is 5.69 Å². The van der Waals surface area contributed by atoms with Gasteiger partial charge < -0.3 is 20.1 Å². The highest BCUT2D eigenvalue weighted by Crippen LogP contribution is 2.36. The van der Waals surface area contributed by atoms with E-state index in [1.165, 1.54) is 13.2 Å². The standard InChI is InChI=1S/C23H25ClN2O4/c1-3-12-30-22-18(24)13-15(14-20(22)29-2)8-11-21(27)26-19-7-5-4-6-17(19)23(28)25-16-9-10-16/h4-8,11,13-14,16H,3,9-10,12H2,1-2H3,(H,25,28)(H,26,27)/b11-8+. The van der Waals surface area contributed by atoms with E-state index in [0.717, 1.165) is 19.3 Å². The maximum absolute atomic E-state index is 12.4. The number of carbonyl (C=O) groups is 2. The number of benzene rings is 2. The average Bonchev–Trinajstić information content (AvgIpc) is 3.55. The highest BCUT2D eigenvalue weighted by Gasteiger charge is 2.24. The Morgan fingerprint density at radius 2 is 2.00 bits per heavy atom. The lowest BCUT2D eigenvalue weighted by atomic mass is 10.1. The molecular weight excluding hydrogens is 404 g/mol. The van der Waals surface area contributed by atoms with E-state index in [2.05, 4.69) is 10.6 Å². The molecule has 2 aromatic rings. The Balaban J connectivity index is 1.71. The number of para-hydroxylation sites is 1. The molecule has 0 unspecified atom stereocenters. The van der Waals surface area contributed by atoms with Crippen LogP contribution in [0.25, 0.3) is 6.08 Å². The maximum atomic E-state index is 12.4. The van der Waals surface area contributed by atoms with Crippen LogP contribution in [-0.2, 0) is 4.79 Å². The van der Waals surface area contributed by atoms with Crippen molar-refractivity contribution in [2.75, 3.05) is 19.0 Å². The van der Waals surface area contributed by atoms with Crippen LogP contribution in [0.1, 0.15) is 42.1 Å². The number of hydrogen-bond donors (Lipinski definition) is 2. The topological polar surface area (TPSA) is 76.7 Å². The summed E-state index contributed by atoms with van der Waals surface area (Å²) < 4.78 is 11.0. The molecule has 0 spiro atoms. The molecule has 0 atom stereocenters.